The van der Waals surface area contributed by atoms with E-state index >= 15 is 0 Å². The molecule has 0 fully saturated rings. The molecular weight excluding hydrogens is 439 g/mol. The lowest BCUT2D eigenvalue weighted by molar-refractivity contribution is 0.536. The predicted octanol–water partition coefficient (Wildman–Crippen LogP) is 2.99. The number of aliphatic imine (C=N–C) groups is 1. The minimum absolute atomic E-state index is 0. The summed E-state index contributed by atoms with van der Waals surface area (Å²) in [6, 6.07) is 10.5. The van der Waals surface area contributed by atoms with Gasteiger partial charge >= 0.3 is 0 Å². The van der Waals surface area contributed by atoms with E-state index in [0.717, 1.165) is 44.4 Å². The van der Waals surface area contributed by atoms with Gasteiger partial charge in [-0.05, 0) is 12.5 Å². The average molecular weight is 470 g/mol. The highest BCUT2D eigenvalue weighted by Crippen LogP contribution is 2.22. The van der Waals surface area contributed by atoms with Gasteiger partial charge in [-0.15, -0.1) is 34.2 Å². The Kier molecular flexibility index (Phi) is 9.61. The van der Waals surface area contributed by atoms with Crippen LogP contribution in [0.4, 0.5) is 0 Å². The molecule has 0 amide bonds. The summed E-state index contributed by atoms with van der Waals surface area (Å²) in [4.78, 5) is 4.78. The zero-order valence-corrected chi connectivity index (χ0v) is 18.5. The highest BCUT2D eigenvalue weighted by molar-refractivity contribution is 14.0. The minimum Gasteiger partial charge on any atom is -0.357 e. The van der Waals surface area contributed by atoms with Gasteiger partial charge in [0.05, 0.1) is 6.54 Å². The van der Waals surface area contributed by atoms with Gasteiger partial charge in [0.2, 0.25) is 0 Å². The molecule has 0 aliphatic rings. The highest BCUT2D eigenvalue weighted by Gasteiger charge is 2.20. The van der Waals surface area contributed by atoms with Crippen LogP contribution >= 0.6 is 24.0 Å². The first kappa shape index (κ1) is 22.4. The Balaban J connectivity index is 0.00000338. The minimum atomic E-state index is -0.00669. The quantitative estimate of drug-likeness (QED) is 0.354. The molecule has 2 rings (SSSR count). The van der Waals surface area contributed by atoms with Crippen LogP contribution in [0.15, 0.2) is 41.7 Å². The van der Waals surface area contributed by atoms with Crippen LogP contribution in [0.25, 0.3) is 0 Å². The summed E-state index contributed by atoms with van der Waals surface area (Å²) in [5, 5.41) is 14.8. The first-order valence-electron chi connectivity index (χ1n) is 9.01. The van der Waals surface area contributed by atoms with E-state index in [2.05, 4.69) is 77.4 Å². The molecule has 0 aliphatic heterocycles. The number of hydrogen-bond acceptors (Lipinski definition) is 3. The summed E-state index contributed by atoms with van der Waals surface area (Å²) in [6.45, 7) is 11.8. The predicted molar refractivity (Wildman–Crippen MR) is 118 cm³/mol. The molecule has 0 spiro atoms. The Labute approximate surface area is 173 Å². The molecule has 0 bridgehead atoms. The van der Waals surface area contributed by atoms with Crippen molar-refractivity contribution in [3.05, 3.63) is 48.0 Å². The molecule has 1 aromatic carbocycles. The molecule has 2 aromatic rings. The van der Waals surface area contributed by atoms with Gasteiger partial charge in [0.25, 0.3) is 0 Å². The van der Waals surface area contributed by atoms with Crippen LogP contribution in [0.3, 0.4) is 0 Å². The molecule has 1 aromatic heterocycles. The third-order valence-electron chi connectivity index (χ3n) is 4.19. The number of halogens is 1. The lowest BCUT2D eigenvalue weighted by Gasteiger charge is -2.24. The number of aryl methyl sites for hydroxylation is 1. The lowest BCUT2D eigenvalue weighted by atomic mass is 9.85. The van der Waals surface area contributed by atoms with E-state index in [1.165, 1.54) is 5.56 Å². The van der Waals surface area contributed by atoms with Gasteiger partial charge in [0, 0.05) is 31.5 Å². The van der Waals surface area contributed by atoms with Crippen LogP contribution in [0.5, 0.6) is 0 Å². The van der Waals surface area contributed by atoms with E-state index in [1.807, 2.05) is 6.07 Å². The fourth-order valence-electron chi connectivity index (χ4n) is 2.63. The topological polar surface area (TPSA) is 67.1 Å². The van der Waals surface area contributed by atoms with Crippen LogP contribution in [-0.2, 0) is 18.4 Å². The number of nitrogens with one attached hydrogen (secondary N) is 2. The molecule has 0 unspecified atom stereocenters. The van der Waals surface area contributed by atoms with Gasteiger partial charge in [0.1, 0.15) is 12.2 Å². The smallest absolute Gasteiger partial charge is 0.191 e. The van der Waals surface area contributed by atoms with Gasteiger partial charge < -0.3 is 15.2 Å². The summed E-state index contributed by atoms with van der Waals surface area (Å²) in [7, 11) is 0. The summed E-state index contributed by atoms with van der Waals surface area (Å²) in [5.74, 6) is 1.85. The molecule has 26 heavy (non-hydrogen) atoms. The molecule has 0 atom stereocenters. The summed E-state index contributed by atoms with van der Waals surface area (Å²) >= 11 is 0. The van der Waals surface area contributed by atoms with Crippen LogP contribution in [0.2, 0.25) is 0 Å². The number of rotatable bonds is 8. The maximum atomic E-state index is 4.78. The van der Waals surface area contributed by atoms with Crippen molar-refractivity contribution in [2.75, 3.05) is 19.6 Å². The second kappa shape index (κ2) is 11.2. The second-order valence-corrected chi connectivity index (χ2v) is 6.67. The first-order chi connectivity index (χ1) is 12.1. The summed E-state index contributed by atoms with van der Waals surface area (Å²) in [6.07, 6.45) is 2.67. The zero-order chi connectivity index (χ0) is 18.1. The number of aromatic nitrogens is 3. The molecular formula is C19H31IN6. The number of hydrogen-bond donors (Lipinski definition) is 2. The fourth-order valence-corrected chi connectivity index (χ4v) is 2.63. The summed E-state index contributed by atoms with van der Waals surface area (Å²) in [5.41, 5.74) is 1.29. The third-order valence-corrected chi connectivity index (χ3v) is 4.19. The Morgan fingerprint density at radius 2 is 1.88 bits per heavy atom. The van der Waals surface area contributed by atoms with Crippen molar-refractivity contribution in [3.8, 4) is 0 Å². The van der Waals surface area contributed by atoms with Crippen molar-refractivity contribution in [1.29, 1.82) is 0 Å². The number of nitrogens with zero attached hydrogens (tertiary/aromatic N) is 4. The van der Waals surface area contributed by atoms with Crippen molar-refractivity contribution in [3.63, 3.8) is 0 Å². The van der Waals surface area contributed by atoms with Crippen molar-refractivity contribution in [2.24, 2.45) is 4.99 Å². The summed E-state index contributed by atoms with van der Waals surface area (Å²) < 4.78 is 2.07. The van der Waals surface area contributed by atoms with Gasteiger partial charge in [-0.3, -0.25) is 4.99 Å². The lowest BCUT2D eigenvalue weighted by Crippen LogP contribution is -2.40. The van der Waals surface area contributed by atoms with E-state index < -0.39 is 0 Å². The van der Waals surface area contributed by atoms with Crippen molar-refractivity contribution in [2.45, 2.75) is 46.1 Å². The largest absolute Gasteiger partial charge is 0.357 e. The maximum Gasteiger partial charge on any atom is 0.191 e. The van der Waals surface area contributed by atoms with Gasteiger partial charge in [-0.25, -0.2) is 0 Å². The van der Waals surface area contributed by atoms with Crippen LogP contribution in [-0.4, -0.2) is 40.4 Å². The Morgan fingerprint density at radius 3 is 2.54 bits per heavy atom. The number of guanidine groups is 1. The van der Waals surface area contributed by atoms with Crippen molar-refractivity contribution in [1.82, 2.24) is 25.4 Å². The van der Waals surface area contributed by atoms with Crippen LogP contribution < -0.4 is 10.6 Å². The van der Waals surface area contributed by atoms with Crippen molar-refractivity contribution < 1.29 is 0 Å². The fraction of sp³-hybridized carbons (Fsp3) is 0.526. The molecule has 0 saturated heterocycles. The molecule has 0 radical (unpaired) electrons. The van der Waals surface area contributed by atoms with E-state index in [9.17, 15) is 0 Å². The Hall–Kier alpha value is -1.64. The molecule has 7 heteroatoms. The first-order valence-corrected chi connectivity index (χ1v) is 9.01. The second-order valence-electron chi connectivity index (χ2n) is 6.67. The molecule has 0 aliphatic carbocycles. The zero-order valence-electron chi connectivity index (χ0n) is 16.2. The maximum absolute atomic E-state index is 4.78. The van der Waals surface area contributed by atoms with Gasteiger partial charge in [-0.2, -0.15) is 0 Å². The van der Waals surface area contributed by atoms with E-state index in [-0.39, 0.29) is 29.4 Å². The SMILES string of the molecule is CCNC(=NCC(C)(C)c1ccccc1)NCCn1cnnc1CC.I. The Morgan fingerprint density at radius 1 is 1.15 bits per heavy atom. The van der Waals surface area contributed by atoms with Gasteiger partial charge in [-0.1, -0.05) is 51.1 Å². The molecule has 144 valence electrons. The standard InChI is InChI=1S/C19H30N6.HI/c1-5-17-24-23-15-25(17)13-12-21-18(20-6-2)22-14-19(3,4)16-10-8-7-9-11-16;/h7-11,15H,5-6,12-14H2,1-4H3,(H2,20,21,22);1H. The monoisotopic (exact) mass is 470 g/mol. The average Bonchev–Trinajstić information content (AvgIpc) is 3.08. The molecule has 2 N–H and O–H groups in total. The number of benzene rings is 1. The van der Waals surface area contributed by atoms with Crippen molar-refractivity contribution >= 4 is 29.9 Å². The Bertz CT molecular complexity index is 666. The molecule has 0 saturated carbocycles. The van der Waals surface area contributed by atoms with E-state index in [0.29, 0.717) is 0 Å². The van der Waals surface area contributed by atoms with Crippen LogP contribution in [0.1, 0.15) is 39.1 Å². The molecule has 6 nitrogen and oxygen atoms in total. The normalized spacial score (nSPS) is 11.8. The third kappa shape index (κ3) is 6.59. The molecule has 1 heterocycles. The van der Waals surface area contributed by atoms with E-state index in [1.54, 1.807) is 6.33 Å². The van der Waals surface area contributed by atoms with Gasteiger partial charge in [0.15, 0.2) is 5.96 Å². The van der Waals surface area contributed by atoms with E-state index in [4.69, 9.17) is 4.99 Å². The highest BCUT2D eigenvalue weighted by atomic mass is 127. The van der Waals surface area contributed by atoms with Crippen LogP contribution in [0, 0.1) is 0 Å².